The van der Waals surface area contributed by atoms with E-state index in [-0.39, 0.29) is 0 Å². The van der Waals surface area contributed by atoms with Crippen molar-refractivity contribution >= 4 is 17.9 Å². The molecule has 0 amide bonds. The lowest BCUT2D eigenvalue weighted by molar-refractivity contribution is -0.115. The second-order valence-electron chi connectivity index (χ2n) is 2.27. The van der Waals surface area contributed by atoms with Gasteiger partial charge < -0.3 is 9.90 Å². The second kappa shape index (κ2) is 3.69. The van der Waals surface area contributed by atoms with Crippen LogP contribution in [-0.2, 0) is 11.3 Å². The van der Waals surface area contributed by atoms with Gasteiger partial charge in [0.1, 0.15) is 0 Å². The van der Waals surface area contributed by atoms with Crippen molar-refractivity contribution in [2.75, 3.05) is 0 Å². The van der Waals surface area contributed by atoms with Crippen molar-refractivity contribution in [3.8, 4) is 0 Å². The zero-order valence-electron chi connectivity index (χ0n) is 6.57. The first kappa shape index (κ1) is 9.22. The summed E-state index contributed by atoms with van der Waals surface area (Å²) < 4.78 is 1.49. The van der Waals surface area contributed by atoms with E-state index < -0.39 is 6.10 Å². The molecule has 0 saturated carbocycles. The maximum absolute atomic E-state index is 10.3. The van der Waals surface area contributed by atoms with Crippen molar-refractivity contribution in [3.63, 3.8) is 0 Å². The number of aliphatic hydroxyl groups excluding tert-OH is 1. The predicted molar refractivity (Wildman–Crippen MR) is 43.9 cm³/mol. The topological polar surface area (TPSA) is 55.1 Å². The smallest absolute Gasteiger partial charge is 0.154 e. The predicted octanol–water partition coefficient (Wildman–Crippen LogP) is 0.789. The fourth-order valence-electron chi connectivity index (χ4n) is 0.982. The van der Waals surface area contributed by atoms with Gasteiger partial charge in [0.25, 0.3) is 0 Å². The van der Waals surface area contributed by atoms with E-state index in [1.807, 2.05) is 6.92 Å². The molecule has 1 N–H and O–H groups in total. The highest BCUT2D eigenvalue weighted by atomic mass is 35.5. The van der Waals surface area contributed by atoms with Crippen molar-refractivity contribution in [2.24, 2.45) is 0 Å². The Kier molecular flexibility index (Phi) is 2.83. The molecule has 4 nitrogen and oxygen atoms in total. The van der Waals surface area contributed by atoms with Crippen LogP contribution in [0.5, 0.6) is 0 Å². The zero-order chi connectivity index (χ0) is 9.14. The first-order valence-electron chi connectivity index (χ1n) is 3.55. The molecule has 1 rings (SSSR count). The Morgan fingerprint density at radius 2 is 2.58 bits per heavy atom. The molecule has 0 radical (unpaired) electrons. The Balaban J connectivity index is 3.09. The minimum atomic E-state index is -1.18. The molecular formula is C7H9ClN2O2. The number of carbonyl (C=O) groups is 1. The van der Waals surface area contributed by atoms with Crippen LogP contribution in [0.2, 0.25) is 5.02 Å². The van der Waals surface area contributed by atoms with E-state index >= 15 is 0 Å². The van der Waals surface area contributed by atoms with E-state index in [1.165, 1.54) is 10.9 Å². The molecule has 5 heteroatoms. The third kappa shape index (κ3) is 1.49. The standard InChI is InChI=1S/C7H9ClN2O2/c1-2-10-7(6(12)4-11)5(8)3-9-10/h3-4,6,12H,2H2,1H3. The fraction of sp³-hybridized carbons (Fsp3) is 0.429. The number of nitrogens with zero attached hydrogens (tertiary/aromatic N) is 2. The summed E-state index contributed by atoms with van der Waals surface area (Å²) in [5, 5.41) is 13.4. The summed E-state index contributed by atoms with van der Waals surface area (Å²) in [5.41, 5.74) is 0.356. The first-order chi connectivity index (χ1) is 5.70. The van der Waals surface area contributed by atoms with Crippen LogP contribution < -0.4 is 0 Å². The third-order valence-corrected chi connectivity index (χ3v) is 1.83. The molecule has 0 saturated heterocycles. The molecule has 0 aromatic carbocycles. The van der Waals surface area contributed by atoms with Crippen molar-refractivity contribution in [1.29, 1.82) is 0 Å². The quantitative estimate of drug-likeness (QED) is 0.714. The van der Waals surface area contributed by atoms with Crippen molar-refractivity contribution in [2.45, 2.75) is 19.6 Å². The van der Waals surface area contributed by atoms with Gasteiger partial charge in [-0.3, -0.25) is 4.68 Å². The lowest BCUT2D eigenvalue weighted by Gasteiger charge is -2.05. The second-order valence-corrected chi connectivity index (χ2v) is 2.68. The summed E-state index contributed by atoms with van der Waals surface area (Å²) in [5.74, 6) is 0. The maximum Gasteiger partial charge on any atom is 0.154 e. The fourth-order valence-corrected chi connectivity index (χ4v) is 1.24. The van der Waals surface area contributed by atoms with E-state index in [9.17, 15) is 9.90 Å². The number of rotatable bonds is 3. The number of hydrogen-bond donors (Lipinski definition) is 1. The largest absolute Gasteiger partial charge is 0.379 e. The molecule has 0 aliphatic rings. The third-order valence-electron chi connectivity index (χ3n) is 1.54. The van der Waals surface area contributed by atoms with Crippen LogP contribution in [0.15, 0.2) is 6.20 Å². The van der Waals surface area contributed by atoms with Gasteiger partial charge in [0.05, 0.1) is 16.9 Å². The summed E-state index contributed by atoms with van der Waals surface area (Å²) in [4.78, 5) is 10.3. The van der Waals surface area contributed by atoms with E-state index in [0.29, 0.717) is 23.5 Å². The van der Waals surface area contributed by atoms with Gasteiger partial charge in [0.15, 0.2) is 12.4 Å². The Morgan fingerprint density at radius 3 is 3.08 bits per heavy atom. The van der Waals surface area contributed by atoms with Crippen molar-refractivity contribution in [3.05, 3.63) is 16.9 Å². The van der Waals surface area contributed by atoms with E-state index in [1.54, 1.807) is 0 Å². The summed E-state index contributed by atoms with van der Waals surface area (Å²) in [6, 6.07) is 0. The monoisotopic (exact) mass is 188 g/mol. The van der Waals surface area contributed by atoms with Gasteiger partial charge >= 0.3 is 0 Å². The van der Waals surface area contributed by atoms with Crippen LogP contribution in [0.1, 0.15) is 18.7 Å². The molecule has 12 heavy (non-hydrogen) atoms. The number of aryl methyl sites for hydroxylation is 1. The Labute approximate surface area is 74.8 Å². The average molecular weight is 189 g/mol. The molecule has 0 spiro atoms. The van der Waals surface area contributed by atoms with Crippen LogP contribution in [0.25, 0.3) is 0 Å². The molecule has 66 valence electrons. The van der Waals surface area contributed by atoms with E-state index in [4.69, 9.17) is 11.6 Å². The molecule has 0 aliphatic heterocycles. The number of hydrogen-bond acceptors (Lipinski definition) is 3. The maximum atomic E-state index is 10.3. The lowest BCUT2D eigenvalue weighted by atomic mass is 10.3. The molecular weight excluding hydrogens is 180 g/mol. The Bertz CT molecular complexity index is 285. The summed E-state index contributed by atoms with van der Waals surface area (Å²) in [6.07, 6.45) is 0.655. The average Bonchev–Trinajstić information content (AvgIpc) is 2.45. The van der Waals surface area contributed by atoms with Crippen LogP contribution in [0, 0.1) is 0 Å². The molecule has 1 unspecified atom stereocenters. The SMILES string of the molecule is CCn1ncc(Cl)c1C(O)C=O. The van der Waals surface area contributed by atoms with E-state index in [2.05, 4.69) is 5.10 Å². The molecule has 0 bridgehead atoms. The Hall–Kier alpha value is -0.870. The minimum Gasteiger partial charge on any atom is -0.379 e. The molecule has 1 atom stereocenters. The number of aliphatic hydroxyl groups is 1. The van der Waals surface area contributed by atoms with Crippen molar-refractivity contribution < 1.29 is 9.90 Å². The van der Waals surface area contributed by atoms with Crippen LogP contribution >= 0.6 is 11.6 Å². The van der Waals surface area contributed by atoms with Gasteiger partial charge in [-0.1, -0.05) is 11.6 Å². The van der Waals surface area contributed by atoms with Gasteiger partial charge in [-0.05, 0) is 6.92 Å². The van der Waals surface area contributed by atoms with Gasteiger partial charge in [-0.2, -0.15) is 5.10 Å². The van der Waals surface area contributed by atoms with Crippen LogP contribution in [0.3, 0.4) is 0 Å². The lowest BCUT2D eigenvalue weighted by Crippen LogP contribution is -2.09. The van der Waals surface area contributed by atoms with E-state index in [0.717, 1.165) is 0 Å². The van der Waals surface area contributed by atoms with Crippen molar-refractivity contribution in [1.82, 2.24) is 9.78 Å². The molecule has 0 fully saturated rings. The van der Waals surface area contributed by atoms with Crippen LogP contribution in [0.4, 0.5) is 0 Å². The molecule has 0 aliphatic carbocycles. The highest BCUT2D eigenvalue weighted by molar-refractivity contribution is 6.31. The number of aldehydes is 1. The van der Waals surface area contributed by atoms with Gasteiger partial charge in [0, 0.05) is 6.54 Å². The first-order valence-corrected chi connectivity index (χ1v) is 3.93. The number of aromatic nitrogens is 2. The Morgan fingerprint density at radius 1 is 1.92 bits per heavy atom. The minimum absolute atomic E-state index is 0.316. The summed E-state index contributed by atoms with van der Waals surface area (Å²) in [6.45, 7) is 2.43. The normalized spacial score (nSPS) is 12.9. The highest BCUT2D eigenvalue weighted by Crippen LogP contribution is 2.20. The number of halogens is 1. The van der Waals surface area contributed by atoms with Crippen LogP contribution in [-0.4, -0.2) is 21.2 Å². The molecule has 1 heterocycles. The summed E-state index contributed by atoms with van der Waals surface area (Å²) in [7, 11) is 0. The van der Waals surface area contributed by atoms with Gasteiger partial charge in [0.2, 0.25) is 0 Å². The zero-order valence-corrected chi connectivity index (χ0v) is 7.32. The molecule has 1 aromatic rings. The molecule has 1 aromatic heterocycles. The summed E-state index contributed by atoms with van der Waals surface area (Å²) >= 11 is 5.70. The van der Waals surface area contributed by atoms with Gasteiger partial charge in [-0.25, -0.2) is 0 Å². The van der Waals surface area contributed by atoms with Gasteiger partial charge in [-0.15, -0.1) is 0 Å². The highest BCUT2D eigenvalue weighted by Gasteiger charge is 2.15. The number of carbonyl (C=O) groups excluding carboxylic acids is 1.